The Labute approximate surface area is 119 Å². The number of amides is 1. The zero-order valence-electron chi connectivity index (χ0n) is 12.0. The fourth-order valence-electron chi connectivity index (χ4n) is 2.67. The Balaban J connectivity index is 2.26. The van der Waals surface area contributed by atoms with Crippen molar-refractivity contribution in [2.24, 2.45) is 5.41 Å². The number of carbonyl (C=O) groups excluding carboxylic acids is 1. The highest BCUT2D eigenvalue weighted by Crippen LogP contribution is 2.42. The Morgan fingerprint density at radius 2 is 2.10 bits per heavy atom. The molecule has 1 heterocycles. The molecular weight excluding hydrogens is 290 g/mol. The van der Waals surface area contributed by atoms with Gasteiger partial charge in [0.2, 0.25) is 0 Å². The Kier molecular flexibility index (Phi) is 3.80. The number of furan rings is 1. The standard InChI is InChI=1S/C14H17F4NO2/c1-7-4-8-9(5-13(2,3)6-10(8)21-7)19-12(20)14(17,18)11(15)16/h4,9,11H,5-6H2,1-3H3,(H,19,20). The predicted molar refractivity (Wildman–Crippen MR) is 67.4 cm³/mol. The van der Waals surface area contributed by atoms with E-state index in [1.54, 1.807) is 13.0 Å². The van der Waals surface area contributed by atoms with Gasteiger partial charge in [-0.15, -0.1) is 0 Å². The highest BCUT2D eigenvalue weighted by Gasteiger charge is 2.50. The summed E-state index contributed by atoms with van der Waals surface area (Å²) in [5.74, 6) is -5.45. The molecule has 0 aromatic carbocycles. The van der Waals surface area contributed by atoms with Crippen molar-refractivity contribution in [2.75, 3.05) is 0 Å². The molecule has 1 aliphatic carbocycles. The van der Waals surface area contributed by atoms with Crippen LogP contribution in [0.15, 0.2) is 10.5 Å². The number of aryl methyl sites for hydroxylation is 1. The average molecular weight is 307 g/mol. The lowest BCUT2D eigenvalue weighted by molar-refractivity contribution is -0.170. The highest BCUT2D eigenvalue weighted by atomic mass is 19.3. The molecule has 1 amide bonds. The Morgan fingerprint density at radius 3 is 2.67 bits per heavy atom. The third kappa shape index (κ3) is 3.06. The zero-order chi connectivity index (χ0) is 16.0. The molecule has 0 fully saturated rings. The van der Waals surface area contributed by atoms with Crippen LogP contribution in [0.3, 0.4) is 0 Å². The van der Waals surface area contributed by atoms with Gasteiger partial charge in [0.25, 0.3) is 5.91 Å². The maximum atomic E-state index is 13.1. The molecule has 118 valence electrons. The van der Waals surface area contributed by atoms with Crippen molar-refractivity contribution in [3.8, 4) is 0 Å². The minimum Gasteiger partial charge on any atom is -0.466 e. The van der Waals surface area contributed by atoms with E-state index in [1.807, 2.05) is 19.2 Å². The molecule has 0 aliphatic heterocycles. The maximum absolute atomic E-state index is 13.1. The van der Waals surface area contributed by atoms with E-state index in [2.05, 4.69) is 0 Å². The molecule has 1 unspecified atom stereocenters. The van der Waals surface area contributed by atoms with Crippen molar-refractivity contribution >= 4 is 5.91 Å². The van der Waals surface area contributed by atoms with E-state index in [9.17, 15) is 22.4 Å². The topological polar surface area (TPSA) is 42.2 Å². The van der Waals surface area contributed by atoms with Gasteiger partial charge in [0.1, 0.15) is 11.5 Å². The fraction of sp³-hybridized carbons (Fsp3) is 0.643. The lowest BCUT2D eigenvalue weighted by atomic mass is 9.74. The summed E-state index contributed by atoms with van der Waals surface area (Å²) >= 11 is 0. The zero-order valence-corrected chi connectivity index (χ0v) is 12.0. The molecular formula is C14H17F4NO2. The van der Waals surface area contributed by atoms with Gasteiger partial charge in [-0.2, -0.15) is 8.78 Å². The Hall–Kier alpha value is -1.53. The van der Waals surface area contributed by atoms with Gasteiger partial charge in [0.15, 0.2) is 0 Å². The van der Waals surface area contributed by atoms with E-state index in [-0.39, 0.29) is 5.41 Å². The van der Waals surface area contributed by atoms with Crippen LogP contribution in [-0.4, -0.2) is 18.3 Å². The smallest absolute Gasteiger partial charge is 0.383 e. The van der Waals surface area contributed by atoms with E-state index in [4.69, 9.17) is 4.42 Å². The molecule has 0 spiro atoms. The molecule has 2 rings (SSSR count). The van der Waals surface area contributed by atoms with Gasteiger partial charge in [-0.3, -0.25) is 4.79 Å². The third-order valence-electron chi connectivity index (χ3n) is 3.62. The lowest BCUT2D eigenvalue weighted by Crippen LogP contribution is -2.48. The van der Waals surface area contributed by atoms with Gasteiger partial charge in [0.05, 0.1) is 6.04 Å². The number of carbonyl (C=O) groups is 1. The average Bonchev–Trinajstić information content (AvgIpc) is 2.67. The summed E-state index contributed by atoms with van der Waals surface area (Å²) in [4.78, 5) is 11.4. The predicted octanol–water partition coefficient (Wildman–Crippen LogP) is 3.62. The van der Waals surface area contributed by atoms with Gasteiger partial charge in [-0.1, -0.05) is 13.8 Å². The summed E-state index contributed by atoms with van der Waals surface area (Å²) in [6.07, 6.45) is -3.04. The molecule has 0 saturated heterocycles. The number of fused-ring (bicyclic) bond motifs is 1. The van der Waals surface area contributed by atoms with Crippen molar-refractivity contribution in [1.29, 1.82) is 0 Å². The Bertz CT molecular complexity index is 551. The summed E-state index contributed by atoms with van der Waals surface area (Å²) in [6, 6.07) is 0.897. The van der Waals surface area contributed by atoms with E-state index in [0.717, 1.165) is 0 Å². The molecule has 7 heteroatoms. The molecule has 21 heavy (non-hydrogen) atoms. The highest BCUT2D eigenvalue weighted by molar-refractivity contribution is 5.84. The van der Waals surface area contributed by atoms with Crippen molar-refractivity contribution in [1.82, 2.24) is 5.32 Å². The minimum absolute atomic E-state index is 0.282. The number of hydrogen-bond donors (Lipinski definition) is 1. The second-order valence-electron chi connectivity index (χ2n) is 6.23. The minimum atomic E-state index is -4.69. The monoisotopic (exact) mass is 307 g/mol. The van der Waals surface area contributed by atoms with Crippen LogP contribution in [-0.2, 0) is 11.2 Å². The van der Waals surface area contributed by atoms with Crippen LogP contribution in [0.25, 0.3) is 0 Å². The summed E-state index contributed by atoms with van der Waals surface area (Å²) < 4.78 is 56.1. The number of hydrogen-bond acceptors (Lipinski definition) is 2. The van der Waals surface area contributed by atoms with E-state index in [0.29, 0.717) is 29.9 Å². The summed E-state index contributed by atoms with van der Waals surface area (Å²) in [5.41, 5.74) is 0.306. The van der Waals surface area contributed by atoms with Crippen LogP contribution in [0.4, 0.5) is 17.6 Å². The van der Waals surface area contributed by atoms with Gasteiger partial charge >= 0.3 is 12.3 Å². The molecule has 1 aliphatic rings. The number of alkyl halides is 4. The largest absolute Gasteiger partial charge is 0.466 e. The van der Waals surface area contributed by atoms with Gasteiger partial charge in [-0.05, 0) is 24.8 Å². The molecule has 0 radical (unpaired) electrons. The summed E-state index contributed by atoms with van der Waals surface area (Å²) in [5, 5.41) is 2.04. The van der Waals surface area contributed by atoms with Crippen LogP contribution >= 0.6 is 0 Å². The summed E-state index contributed by atoms with van der Waals surface area (Å²) in [6.45, 7) is 5.51. The first-order valence-corrected chi connectivity index (χ1v) is 6.59. The first kappa shape index (κ1) is 15.9. The van der Waals surface area contributed by atoms with Crippen molar-refractivity contribution in [3.63, 3.8) is 0 Å². The van der Waals surface area contributed by atoms with Gasteiger partial charge < -0.3 is 9.73 Å². The number of nitrogens with one attached hydrogen (secondary N) is 1. The van der Waals surface area contributed by atoms with Crippen LogP contribution < -0.4 is 5.32 Å². The van der Waals surface area contributed by atoms with E-state index in [1.165, 1.54) is 0 Å². The normalized spacial score (nSPS) is 21.2. The first-order valence-electron chi connectivity index (χ1n) is 6.59. The van der Waals surface area contributed by atoms with Crippen molar-refractivity contribution in [3.05, 3.63) is 23.2 Å². The van der Waals surface area contributed by atoms with Crippen molar-refractivity contribution in [2.45, 2.75) is 52.0 Å². The third-order valence-corrected chi connectivity index (χ3v) is 3.62. The second kappa shape index (κ2) is 5.03. The van der Waals surface area contributed by atoms with E-state index >= 15 is 0 Å². The Morgan fingerprint density at radius 1 is 1.48 bits per heavy atom. The molecule has 1 N–H and O–H groups in total. The van der Waals surface area contributed by atoms with Crippen LogP contribution in [0.1, 0.15) is 43.4 Å². The number of rotatable bonds is 3. The molecule has 0 saturated carbocycles. The van der Waals surface area contributed by atoms with Crippen LogP contribution in [0.5, 0.6) is 0 Å². The van der Waals surface area contributed by atoms with E-state index < -0.39 is 24.3 Å². The molecule has 3 nitrogen and oxygen atoms in total. The number of halogens is 4. The molecule has 1 aromatic rings. The molecule has 0 bridgehead atoms. The SMILES string of the molecule is Cc1cc2c(o1)CC(C)(C)CC2NC(=O)C(F)(F)C(F)F. The van der Waals surface area contributed by atoms with Crippen LogP contribution in [0, 0.1) is 12.3 Å². The van der Waals surface area contributed by atoms with Crippen LogP contribution in [0.2, 0.25) is 0 Å². The molecule has 1 atom stereocenters. The summed E-state index contributed by atoms with van der Waals surface area (Å²) in [7, 11) is 0. The second-order valence-corrected chi connectivity index (χ2v) is 6.23. The van der Waals surface area contributed by atoms with Crippen molar-refractivity contribution < 1.29 is 26.8 Å². The fourth-order valence-corrected chi connectivity index (χ4v) is 2.67. The lowest BCUT2D eigenvalue weighted by Gasteiger charge is -2.35. The quantitative estimate of drug-likeness (QED) is 0.867. The van der Waals surface area contributed by atoms with Gasteiger partial charge in [-0.25, -0.2) is 8.78 Å². The maximum Gasteiger partial charge on any atom is 0.383 e. The van der Waals surface area contributed by atoms with Gasteiger partial charge in [0, 0.05) is 12.0 Å². The first-order chi connectivity index (χ1) is 9.53. The molecule has 1 aromatic heterocycles.